The minimum atomic E-state index is -0.934. The molecule has 1 aromatic heterocycles. The first-order valence-electron chi connectivity index (χ1n) is 5.50. The lowest BCUT2D eigenvalue weighted by Crippen LogP contribution is -2.18. The summed E-state index contributed by atoms with van der Waals surface area (Å²) in [5.74, 6) is -0.345. The molecule has 16 heavy (non-hydrogen) atoms. The van der Waals surface area contributed by atoms with E-state index in [0.717, 1.165) is 12.8 Å². The number of aryl methyl sites for hydroxylation is 2. The zero-order valence-corrected chi connectivity index (χ0v) is 10.2. The fourth-order valence-electron chi connectivity index (χ4n) is 1.82. The lowest BCUT2D eigenvalue weighted by atomic mass is 10.2. The molecule has 0 aliphatic heterocycles. The van der Waals surface area contributed by atoms with Crippen molar-refractivity contribution in [2.75, 3.05) is 5.32 Å². The summed E-state index contributed by atoms with van der Waals surface area (Å²) in [6.07, 6.45) is 2.07. The van der Waals surface area contributed by atoms with Crippen LogP contribution in [-0.4, -0.2) is 26.9 Å². The topological polar surface area (TPSA) is 67.2 Å². The second kappa shape index (κ2) is 5.01. The van der Waals surface area contributed by atoms with Crippen LogP contribution in [0.25, 0.3) is 0 Å². The van der Waals surface area contributed by atoms with Crippen molar-refractivity contribution >= 4 is 11.8 Å². The van der Waals surface area contributed by atoms with E-state index >= 15 is 0 Å². The van der Waals surface area contributed by atoms with Crippen molar-refractivity contribution in [1.29, 1.82) is 0 Å². The maximum atomic E-state index is 11.1. The second-order valence-electron chi connectivity index (χ2n) is 4.07. The third-order valence-electron chi connectivity index (χ3n) is 2.54. The highest BCUT2D eigenvalue weighted by Crippen LogP contribution is 2.20. The van der Waals surface area contributed by atoms with Gasteiger partial charge in [0.2, 0.25) is 0 Å². The maximum absolute atomic E-state index is 11.1. The molecule has 0 bridgehead atoms. The van der Waals surface area contributed by atoms with E-state index in [4.69, 9.17) is 5.11 Å². The molecule has 90 valence electrons. The molecular formula is C11H19N3O2. The summed E-state index contributed by atoms with van der Waals surface area (Å²) in [6.45, 7) is 5.85. The predicted octanol–water partition coefficient (Wildman–Crippen LogP) is 2.03. The van der Waals surface area contributed by atoms with Gasteiger partial charge in [-0.15, -0.1) is 0 Å². The van der Waals surface area contributed by atoms with Gasteiger partial charge in [0.1, 0.15) is 11.4 Å². The van der Waals surface area contributed by atoms with Gasteiger partial charge in [-0.05, 0) is 20.3 Å². The Labute approximate surface area is 95.5 Å². The van der Waals surface area contributed by atoms with Gasteiger partial charge in [-0.3, -0.25) is 4.68 Å². The molecule has 1 aromatic rings. The average Bonchev–Trinajstić information content (AvgIpc) is 2.41. The molecule has 1 unspecified atom stereocenters. The summed E-state index contributed by atoms with van der Waals surface area (Å²) in [7, 11) is 1.75. The van der Waals surface area contributed by atoms with Crippen LogP contribution in [0.1, 0.15) is 42.7 Å². The monoisotopic (exact) mass is 225 g/mol. The Hall–Kier alpha value is -1.52. The summed E-state index contributed by atoms with van der Waals surface area (Å²) in [4.78, 5) is 11.1. The highest BCUT2D eigenvalue weighted by Gasteiger charge is 2.20. The number of rotatable bonds is 5. The Kier molecular flexibility index (Phi) is 3.93. The molecule has 0 amide bonds. The van der Waals surface area contributed by atoms with E-state index in [9.17, 15) is 4.79 Å². The maximum Gasteiger partial charge on any atom is 0.341 e. The molecular weight excluding hydrogens is 206 g/mol. The number of nitrogens with zero attached hydrogens (tertiary/aromatic N) is 2. The smallest absolute Gasteiger partial charge is 0.341 e. The SMILES string of the molecule is CCCC(C)Nc1c(C(=O)O)c(C)nn1C. The lowest BCUT2D eigenvalue weighted by Gasteiger charge is -2.14. The summed E-state index contributed by atoms with van der Waals surface area (Å²) in [5, 5.41) is 16.4. The summed E-state index contributed by atoms with van der Waals surface area (Å²) >= 11 is 0. The molecule has 2 N–H and O–H groups in total. The van der Waals surface area contributed by atoms with Crippen molar-refractivity contribution in [3.8, 4) is 0 Å². The van der Waals surface area contributed by atoms with Crippen LogP contribution >= 0.6 is 0 Å². The molecule has 1 heterocycles. The number of carboxylic acid groups (broad SMARTS) is 1. The number of carbonyl (C=O) groups is 1. The van der Waals surface area contributed by atoms with Crippen molar-refractivity contribution in [3.63, 3.8) is 0 Å². The molecule has 5 nitrogen and oxygen atoms in total. The van der Waals surface area contributed by atoms with Gasteiger partial charge >= 0.3 is 5.97 Å². The molecule has 1 atom stereocenters. The van der Waals surface area contributed by atoms with Crippen molar-refractivity contribution in [3.05, 3.63) is 11.3 Å². The van der Waals surface area contributed by atoms with Gasteiger partial charge in [0, 0.05) is 13.1 Å². The zero-order valence-electron chi connectivity index (χ0n) is 10.2. The van der Waals surface area contributed by atoms with Gasteiger partial charge in [0.15, 0.2) is 0 Å². The molecule has 1 rings (SSSR count). The van der Waals surface area contributed by atoms with E-state index in [1.54, 1.807) is 18.7 Å². The summed E-state index contributed by atoms with van der Waals surface area (Å²) < 4.78 is 1.59. The highest BCUT2D eigenvalue weighted by atomic mass is 16.4. The van der Waals surface area contributed by atoms with Crippen LogP contribution in [0.2, 0.25) is 0 Å². The standard InChI is InChI=1S/C11H19N3O2/c1-5-6-7(2)12-10-9(11(15)16)8(3)13-14(10)4/h7,12H,5-6H2,1-4H3,(H,15,16). The third kappa shape index (κ3) is 2.53. The van der Waals surface area contributed by atoms with Gasteiger partial charge in [-0.1, -0.05) is 13.3 Å². The van der Waals surface area contributed by atoms with Crippen LogP contribution in [0.3, 0.4) is 0 Å². The van der Waals surface area contributed by atoms with E-state index in [2.05, 4.69) is 17.3 Å². The van der Waals surface area contributed by atoms with Crippen molar-refractivity contribution in [2.45, 2.75) is 39.7 Å². The summed E-state index contributed by atoms with van der Waals surface area (Å²) in [5.41, 5.74) is 0.812. The Balaban J connectivity index is 2.98. The molecule has 0 fully saturated rings. The summed E-state index contributed by atoms with van der Waals surface area (Å²) in [6, 6.07) is 0.248. The molecule has 0 spiro atoms. The Morgan fingerprint density at radius 3 is 2.75 bits per heavy atom. The first-order chi connectivity index (χ1) is 7.47. The largest absolute Gasteiger partial charge is 0.477 e. The van der Waals surface area contributed by atoms with E-state index in [-0.39, 0.29) is 11.6 Å². The number of nitrogens with one attached hydrogen (secondary N) is 1. The average molecular weight is 225 g/mol. The molecule has 0 aliphatic carbocycles. The van der Waals surface area contributed by atoms with Crippen LogP contribution in [0.5, 0.6) is 0 Å². The number of aromatic nitrogens is 2. The minimum absolute atomic E-state index is 0.248. The molecule has 0 aliphatic rings. The first kappa shape index (κ1) is 12.5. The fourth-order valence-corrected chi connectivity index (χ4v) is 1.82. The minimum Gasteiger partial charge on any atom is -0.477 e. The number of hydrogen-bond donors (Lipinski definition) is 2. The van der Waals surface area contributed by atoms with E-state index < -0.39 is 5.97 Å². The lowest BCUT2D eigenvalue weighted by molar-refractivity contribution is 0.0697. The van der Waals surface area contributed by atoms with Crippen LogP contribution in [-0.2, 0) is 7.05 Å². The van der Waals surface area contributed by atoms with E-state index in [1.807, 2.05) is 6.92 Å². The Bertz CT molecular complexity index is 385. The molecule has 0 saturated heterocycles. The normalized spacial score (nSPS) is 12.5. The van der Waals surface area contributed by atoms with Crippen LogP contribution in [0, 0.1) is 6.92 Å². The fraction of sp³-hybridized carbons (Fsp3) is 0.636. The quantitative estimate of drug-likeness (QED) is 0.804. The number of hydrogen-bond acceptors (Lipinski definition) is 3. The predicted molar refractivity (Wildman–Crippen MR) is 62.9 cm³/mol. The molecule has 0 radical (unpaired) electrons. The molecule has 0 aromatic carbocycles. The third-order valence-corrected chi connectivity index (χ3v) is 2.54. The van der Waals surface area contributed by atoms with Crippen molar-refractivity contribution < 1.29 is 9.90 Å². The van der Waals surface area contributed by atoms with Gasteiger partial charge in [0.25, 0.3) is 0 Å². The number of carboxylic acids is 1. The Morgan fingerprint density at radius 1 is 1.62 bits per heavy atom. The van der Waals surface area contributed by atoms with Gasteiger partial charge in [-0.25, -0.2) is 4.79 Å². The van der Waals surface area contributed by atoms with Crippen LogP contribution < -0.4 is 5.32 Å². The number of aromatic carboxylic acids is 1. The van der Waals surface area contributed by atoms with Crippen molar-refractivity contribution in [1.82, 2.24) is 9.78 Å². The van der Waals surface area contributed by atoms with Crippen LogP contribution in [0.4, 0.5) is 5.82 Å². The Morgan fingerprint density at radius 2 is 2.25 bits per heavy atom. The highest BCUT2D eigenvalue weighted by molar-refractivity contribution is 5.94. The van der Waals surface area contributed by atoms with Crippen LogP contribution in [0.15, 0.2) is 0 Å². The van der Waals surface area contributed by atoms with Crippen molar-refractivity contribution in [2.24, 2.45) is 7.05 Å². The van der Waals surface area contributed by atoms with E-state index in [0.29, 0.717) is 11.5 Å². The van der Waals surface area contributed by atoms with Gasteiger partial charge in [-0.2, -0.15) is 5.10 Å². The van der Waals surface area contributed by atoms with Gasteiger partial charge in [0.05, 0.1) is 5.69 Å². The number of anilines is 1. The van der Waals surface area contributed by atoms with Gasteiger partial charge < -0.3 is 10.4 Å². The first-order valence-corrected chi connectivity index (χ1v) is 5.50. The zero-order chi connectivity index (χ0) is 12.3. The molecule has 5 heteroatoms. The molecule has 0 saturated carbocycles. The second-order valence-corrected chi connectivity index (χ2v) is 4.07. The van der Waals surface area contributed by atoms with E-state index in [1.165, 1.54) is 0 Å².